The van der Waals surface area contributed by atoms with Crippen molar-refractivity contribution in [1.29, 1.82) is 0 Å². The molecule has 1 aromatic carbocycles. The summed E-state index contributed by atoms with van der Waals surface area (Å²) in [7, 11) is 0. The molecule has 2 aliphatic rings. The molecule has 0 bridgehead atoms. The van der Waals surface area contributed by atoms with Crippen LogP contribution in [0.2, 0.25) is 5.02 Å². The molecule has 228 valence electrons. The van der Waals surface area contributed by atoms with Gasteiger partial charge in [0.05, 0.1) is 16.1 Å². The lowest BCUT2D eigenvalue weighted by Gasteiger charge is -2.44. The van der Waals surface area contributed by atoms with Gasteiger partial charge in [0.2, 0.25) is 5.91 Å². The standard InChI is InChI=1S/C25H24ClF3N4O2S2.C3H3NOS/c1-4-19(34)33-13(2)10-31(11-14(33)3)23-16-9-17(25(27,28)29)20(18-8-15(26)12-37-18)22-21(16)32(24(35)30-23)6-5-7-36-22;5-3-1-2-6-4-3/h4,8-9,12-14H,1,5-7,10-11H2,2-3H3;1-2H,(H,4,5). The van der Waals surface area contributed by atoms with Gasteiger partial charge in [-0.1, -0.05) is 29.7 Å². The molecular weight excluding hydrogens is 643 g/mol. The van der Waals surface area contributed by atoms with Crippen LogP contribution in [-0.4, -0.2) is 55.7 Å². The fourth-order valence-corrected chi connectivity index (χ4v) is 8.40. The first-order valence-corrected chi connectivity index (χ1v) is 16.4. The Hall–Kier alpha value is -3.07. The molecule has 0 saturated carbocycles. The maximum absolute atomic E-state index is 14.6. The minimum atomic E-state index is -4.64. The third kappa shape index (κ3) is 6.28. The molecule has 15 heteroatoms. The number of carbonyl (C=O) groups is 1. The fourth-order valence-electron chi connectivity index (χ4n) is 5.55. The van der Waals surface area contributed by atoms with Crippen molar-refractivity contribution < 1.29 is 18.0 Å². The Morgan fingerprint density at radius 1 is 1.21 bits per heavy atom. The Morgan fingerprint density at radius 3 is 2.47 bits per heavy atom. The number of aromatic nitrogens is 3. The molecule has 4 aromatic rings. The summed E-state index contributed by atoms with van der Waals surface area (Å²) in [5, 5.41) is 3.96. The summed E-state index contributed by atoms with van der Waals surface area (Å²) in [5.41, 5.74) is -0.768. The smallest absolute Gasteiger partial charge is 0.352 e. The summed E-state index contributed by atoms with van der Waals surface area (Å²) < 4.78 is 47.7. The van der Waals surface area contributed by atoms with Crippen LogP contribution in [0.3, 0.4) is 0 Å². The number of aryl methyl sites for hydroxylation is 1. The van der Waals surface area contributed by atoms with Crippen molar-refractivity contribution in [3.05, 3.63) is 73.0 Å². The lowest BCUT2D eigenvalue weighted by Crippen LogP contribution is -2.58. The largest absolute Gasteiger partial charge is 0.417 e. The highest BCUT2D eigenvalue weighted by Gasteiger charge is 2.39. The van der Waals surface area contributed by atoms with Gasteiger partial charge in [0, 0.05) is 69.3 Å². The van der Waals surface area contributed by atoms with Crippen LogP contribution >= 0.6 is 46.2 Å². The molecule has 1 N–H and O–H groups in total. The fraction of sp³-hybridized carbons (Fsp3) is 0.357. The molecule has 8 nitrogen and oxygen atoms in total. The van der Waals surface area contributed by atoms with Crippen molar-refractivity contribution in [2.45, 2.75) is 50.0 Å². The van der Waals surface area contributed by atoms with Crippen molar-refractivity contribution in [2.75, 3.05) is 23.7 Å². The van der Waals surface area contributed by atoms with Gasteiger partial charge in [0.25, 0.3) is 5.56 Å². The van der Waals surface area contributed by atoms with Gasteiger partial charge in [-0.15, -0.1) is 23.1 Å². The second-order valence-electron chi connectivity index (χ2n) is 10.2. The summed E-state index contributed by atoms with van der Waals surface area (Å²) in [6, 6.07) is 3.64. The minimum Gasteiger partial charge on any atom is -0.352 e. The summed E-state index contributed by atoms with van der Waals surface area (Å²) in [6.45, 7) is 8.31. The highest BCUT2D eigenvalue weighted by molar-refractivity contribution is 7.99. The number of H-pyrrole nitrogens is 1. The zero-order valence-corrected chi connectivity index (χ0v) is 26.3. The number of hydrogen-bond acceptors (Lipinski definition) is 8. The molecule has 0 aliphatic carbocycles. The third-order valence-electron chi connectivity index (χ3n) is 7.18. The first-order valence-electron chi connectivity index (χ1n) is 13.3. The van der Waals surface area contributed by atoms with Crippen LogP contribution in [0.25, 0.3) is 21.3 Å². The average molecular weight is 670 g/mol. The molecule has 2 unspecified atom stereocenters. The van der Waals surface area contributed by atoms with E-state index in [0.29, 0.717) is 52.1 Å². The average Bonchev–Trinajstić information content (AvgIpc) is 3.54. The molecule has 1 saturated heterocycles. The van der Waals surface area contributed by atoms with Crippen molar-refractivity contribution in [3.8, 4) is 10.4 Å². The number of aromatic amines is 1. The van der Waals surface area contributed by atoms with Crippen LogP contribution in [-0.2, 0) is 17.5 Å². The molecule has 5 heterocycles. The molecule has 3 aromatic heterocycles. The highest BCUT2D eigenvalue weighted by Crippen LogP contribution is 2.49. The van der Waals surface area contributed by atoms with Crippen molar-refractivity contribution in [3.63, 3.8) is 0 Å². The third-order valence-corrected chi connectivity index (χ3v) is 10.3. The van der Waals surface area contributed by atoms with Crippen LogP contribution in [0.5, 0.6) is 0 Å². The van der Waals surface area contributed by atoms with Crippen LogP contribution in [0.4, 0.5) is 19.0 Å². The molecule has 43 heavy (non-hydrogen) atoms. The maximum Gasteiger partial charge on any atom is 0.417 e. The Bertz CT molecular complexity index is 1770. The quantitative estimate of drug-likeness (QED) is 0.256. The van der Waals surface area contributed by atoms with Crippen molar-refractivity contribution in [2.24, 2.45) is 0 Å². The number of hydrogen-bond donors (Lipinski definition) is 1. The van der Waals surface area contributed by atoms with Gasteiger partial charge in [-0.3, -0.25) is 18.5 Å². The topological polar surface area (TPSA) is 91.3 Å². The number of rotatable bonds is 3. The van der Waals surface area contributed by atoms with Crippen LogP contribution < -0.4 is 16.1 Å². The molecule has 1 amide bonds. The number of thioether (sulfide) groups is 1. The van der Waals surface area contributed by atoms with Crippen LogP contribution in [0.15, 0.2) is 56.1 Å². The number of amides is 1. The monoisotopic (exact) mass is 669 g/mol. The van der Waals surface area contributed by atoms with Crippen LogP contribution in [0, 0.1) is 0 Å². The zero-order chi connectivity index (χ0) is 31.1. The van der Waals surface area contributed by atoms with E-state index in [-0.39, 0.29) is 40.3 Å². The molecule has 1 fully saturated rings. The number of anilines is 1. The lowest BCUT2D eigenvalue weighted by atomic mass is 10.0. The van der Waals surface area contributed by atoms with E-state index in [9.17, 15) is 27.6 Å². The summed E-state index contributed by atoms with van der Waals surface area (Å²) in [4.78, 5) is 44.3. The van der Waals surface area contributed by atoms with Gasteiger partial charge in [-0.2, -0.15) is 18.2 Å². The van der Waals surface area contributed by atoms with E-state index in [0.717, 1.165) is 17.4 Å². The van der Waals surface area contributed by atoms with Gasteiger partial charge >= 0.3 is 11.9 Å². The number of nitrogens with one attached hydrogen (secondary N) is 1. The summed E-state index contributed by atoms with van der Waals surface area (Å²) >= 11 is 9.89. The predicted octanol–water partition coefficient (Wildman–Crippen LogP) is 6.34. The Morgan fingerprint density at radius 2 is 1.93 bits per heavy atom. The van der Waals surface area contributed by atoms with Gasteiger partial charge in [0.1, 0.15) is 5.82 Å². The van der Waals surface area contributed by atoms with E-state index < -0.39 is 17.4 Å². The number of thiophene rings is 1. The lowest BCUT2D eigenvalue weighted by molar-refractivity contribution is -0.137. The second kappa shape index (κ2) is 12.5. The van der Waals surface area contributed by atoms with E-state index in [1.165, 1.54) is 46.1 Å². The molecular formula is C28H27ClF3N5O3S3. The summed E-state index contributed by atoms with van der Waals surface area (Å²) in [5.74, 6) is 0.566. The Kier molecular flexibility index (Phi) is 9.12. The van der Waals surface area contributed by atoms with E-state index in [2.05, 4.69) is 15.9 Å². The Labute approximate surface area is 261 Å². The number of halogens is 4. The zero-order valence-electron chi connectivity index (χ0n) is 23.1. The highest BCUT2D eigenvalue weighted by atomic mass is 35.5. The molecule has 2 atom stereocenters. The maximum atomic E-state index is 14.6. The van der Waals surface area contributed by atoms with E-state index >= 15 is 0 Å². The van der Waals surface area contributed by atoms with Gasteiger partial charge < -0.3 is 9.80 Å². The molecule has 6 rings (SSSR count). The van der Waals surface area contributed by atoms with Crippen molar-refractivity contribution in [1.82, 2.24) is 18.8 Å². The number of carbonyl (C=O) groups excluding carboxylic acids is 1. The predicted molar refractivity (Wildman–Crippen MR) is 168 cm³/mol. The minimum absolute atomic E-state index is 0.0139. The summed E-state index contributed by atoms with van der Waals surface area (Å²) in [6.07, 6.45) is -2.76. The van der Waals surface area contributed by atoms with Gasteiger partial charge in [0.15, 0.2) is 0 Å². The van der Waals surface area contributed by atoms with E-state index in [1.807, 2.05) is 18.7 Å². The SMILES string of the molecule is C=CC(=O)N1C(C)CN(c2nc(=O)n3c4c(c(-c5cc(Cl)cs5)c(C(F)(F)F)cc24)SCCC3)CC1C.O=c1ccs[nH]1. The normalized spacial score (nSPS) is 18.7. The number of piperazine rings is 1. The molecule has 2 aliphatic heterocycles. The Balaban J connectivity index is 0.000000548. The second-order valence-corrected chi connectivity index (χ2v) is 13.3. The first kappa shape index (κ1) is 31.4. The number of benzene rings is 1. The van der Waals surface area contributed by atoms with E-state index in [4.69, 9.17) is 11.6 Å². The van der Waals surface area contributed by atoms with E-state index in [1.54, 1.807) is 15.7 Å². The first-order chi connectivity index (χ1) is 20.4. The number of nitrogens with zero attached hydrogens (tertiary/aromatic N) is 4. The van der Waals surface area contributed by atoms with Crippen molar-refractivity contribution >= 4 is 68.9 Å². The number of alkyl halides is 3. The molecule has 0 radical (unpaired) electrons. The molecule has 0 spiro atoms. The van der Waals surface area contributed by atoms with Gasteiger partial charge in [-0.05, 0) is 44.2 Å². The van der Waals surface area contributed by atoms with Crippen LogP contribution in [0.1, 0.15) is 25.8 Å². The van der Waals surface area contributed by atoms with Gasteiger partial charge in [-0.25, -0.2) is 4.79 Å².